The Kier molecular flexibility index (Phi) is 4.76. The van der Waals surface area contributed by atoms with E-state index in [4.69, 9.17) is 0 Å². The quantitative estimate of drug-likeness (QED) is 0.843. The Morgan fingerprint density at radius 1 is 1.22 bits per heavy atom. The first-order valence-corrected chi connectivity index (χ1v) is 8.61. The summed E-state index contributed by atoms with van der Waals surface area (Å²) in [6, 6.07) is 5.65. The van der Waals surface area contributed by atoms with Crippen LogP contribution in [0, 0.1) is 0 Å². The lowest BCUT2D eigenvalue weighted by Crippen LogP contribution is -2.45. The van der Waals surface area contributed by atoms with E-state index in [0.717, 1.165) is 25.7 Å². The van der Waals surface area contributed by atoms with E-state index < -0.39 is 11.8 Å². The van der Waals surface area contributed by atoms with Gasteiger partial charge in [-0.2, -0.15) is 0 Å². The van der Waals surface area contributed by atoms with Gasteiger partial charge in [0, 0.05) is 22.9 Å². The highest BCUT2D eigenvalue weighted by atomic mass is 32.1. The van der Waals surface area contributed by atoms with Gasteiger partial charge in [0.25, 0.3) is 0 Å². The van der Waals surface area contributed by atoms with Crippen LogP contribution in [0.5, 0.6) is 0 Å². The van der Waals surface area contributed by atoms with Crippen LogP contribution >= 0.6 is 11.3 Å². The molecule has 2 aromatic rings. The molecule has 2 aromatic heterocycles. The number of hydrogen-bond acceptors (Lipinski definition) is 5. The van der Waals surface area contributed by atoms with Crippen LogP contribution < -0.4 is 10.6 Å². The fourth-order valence-corrected chi connectivity index (χ4v) is 4.09. The van der Waals surface area contributed by atoms with E-state index in [1.165, 1.54) is 23.6 Å². The summed E-state index contributed by atoms with van der Waals surface area (Å²) in [4.78, 5) is 25.2. The Bertz CT molecular complexity index is 646. The van der Waals surface area contributed by atoms with Crippen molar-refractivity contribution >= 4 is 29.0 Å². The summed E-state index contributed by atoms with van der Waals surface area (Å²) in [5, 5.41) is 10.8. The Morgan fingerprint density at radius 2 is 2.04 bits per heavy atom. The summed E-state index contributed by atoms with van der Waals surface area (Å²) in [7, 11) is 0. The van der Waals surface area contributed by atoms with Gasteiger partial charge >= 0.3 is 11.8 Å². The predicted molar refractivity (Wildman–Crippen MR) is 87.2 cm³/mol. The minimum Gasteiger partial charge on any atom is -0.363 e. The van der Waals surface area contributed by atoms with Crippen LogP contribution in [0.2, 0.25) is 0 Å². The summed E-state index contributed by atoms with van der Waals surface area (Å²) >= 11 is 1.72. The van der Waals surface area contributed by atoms with E-state index in [2.05, 4.69) is 31.8 Å². The molecule has 0 aromatic carbocycles. The van der Waals surface area contributed by atoms with Crippen molar-refractivity contribution in [3.63, 3.8) is 0 Å². The van der Waals surface area contributed by atoms with Crippen molar-refractivity contribution in [2.75, 3.05) is 11.9 Å². The topological polar surface area (TPSA) is 84.2 Å². The summed E-state index contributed by atoms with van der Waals surface area (Å²) in [5.74, 6) is -1.14. The maximum absolute atomic E-state index is 12.0. The number of rotatable bonds is 4. The van der Waals surface area contributed by atoms with E-state index in [0.29, 0.717) is 6.54 Å². The minimum atomic E-state index is -0.726. The van der Waals surface area contributed by atoms with Gasteiger partial charge in [0.1, 0.15) is 6.26 Å². The van der Waals surface area contributed by atoms with Gasteiger partial charge in [-0.05, 0) is 24.3 Å². The molecule has 1 saturated carbocycles. The minimum absolute atomic E-state index is 0.0454. The highest BCUT2D eigenvalue weighted by molar-refractivity contribution is 7.10. The van der Waals surface area contributed by atoms with Crippen molar-refractivity contribution < 1.29 is 14.1 Å². The molecule has 7 heteroatoms. The predicted octanol–water partition coefficient (Wildman–Crippen LogP) is 2.69. The second kappa shape index (κ2) is 6.95. The fraction of sp³-hybridized carbons (Fsp3) is 0.438. The molecule has 0 atom stereocenters. The van der Waals surface area contributed by atoms with Crippen LogP contribution in [0.3, 0.4) is 0 Å². The Balaban J connectivity index is 1.62. The van der Waals surface area contributed by atoms with E-state index in [1.54, 1.807) is 11.3 Å². The molecule has 2 heterocycles. The number of anilines is 1. The molecule has 6 nitrogen and oxygen atoms in total. The number of hydrogen-bond donors (Lipinski definition) is 2. The maximum Gasteiger partial charge on any atom is 0.314 e. The van der Waals surface area contributed by atoms with Crippen molar-refractivity contribution in [2.45, 2.75) is 37.5 Å². The molecule has 1 aliphatic carbocycles. The molecule has 0 bridgehead atoms. The fourth-order valence-electron chi connectivity index (χ4n) is 3.10. The maximum atomic E-state index is 12.0. The van der Waals surface area contributed by atoms with Crippen molar-refractivity contribution in [3.8, 4) is 0 Å². The number of nitrogens with one attached hydrogen (secondary N) is 2. The molecule has 0 saturated heterocycles. The Morgan fingerprint density at radius 3 is 2.70 bits per heavy atom. The van der Waals surface area contributed by atoms with Gasteiger partial charge in [-0.25, -0.2) is 0 Å². The first-order valence-electron chi connectivity index (χ1n) is 7.73. The number of carbonyl (C=O) groups is 2. The van der Waals surface area contributed by atoms with Gasteiger partial charge in [0.15, 0.2) is 5.82 Å². The number of aromatic nitrogens is 1. The van der Waals surface area contributed by atoms with E-state index in [9.17, 15) is 9.59 Å². The molecule has 3 rings (SSSR count). The molecule has 0 spiro atoms. The Hall–Kier alpha value is -2.15. The van der Waals surface area contributed by atoms with Gasteiger partial charge < -0.3 is 9.84 Å². The number of thiophene rings is 1. The highest BCUT2D eigenvalue weighted by Gasteiger charge is 2.35. The zero-order valence-corrected chi connectivity index (χ0v) is 13.5. The van der Waals surface area contributed by atoms with E-state index in [1.807, 2.05) is 6.07 Å². The van der Waals surface area contributed by atoms with Gasteiger partial charge in [0.05, 0.1) is 0 Å². The molecular formula is C16H19N3O3S. The third-order valence-corrected chi connectivity index (χ3v) is 5.44. The lowest BCUT2D eigenvalue weighted by atomic mass is 9.73. The second-order valence-corrected chi connectivity index (χ2v) is 6.79. The zero-order chi connectivity index (χ0) is 16.1. The average molecular weight is 333 g/mol. The van der Waals surface area contributed by atoms with Gasteiger partial charge in [0.2, 0.25) is 0 Å². The smallest absolute Gasteiger partial charge is 0.314 e. The summed E-state index contributed by atoms with van der Waals surface area (Å²) in [5.41, 5.74) is -0.0454. The Labute approximate surface area is 138 Å². The molecule has 0 radical (unpaired) electrons. The molecule has 0 unspecified atom stereocenters. The lowest BCUT2D eigenvalue weighted by Gasteiger charge is -2.36. The van der Waals surface area contributed by atoms with Gasteiger partial charge in [-0.3, -0.25) is 14.9 Å². The largest absolute Gasteiger partial charge is 0.363 e. The number of nitrogens with zero attached hydrogens (tertiary/aromatic N) is 1. The molecular weight excluding hydrogens is 314 g/mol. The van der Waals surface area contributed by atoms with Crippen LogP contribution in [0.25, 0.3) is 0 Å². The molecule has 0 aliphatic heterocycles. The summed E-state index contributed by atoms with van der Waals surface area (Å²) in [6.07, 6.45) is 6.95. The van der Waals surface area contributed by atoms with E-state index in [-0.39, 0.29) is 11.2 Å². The molecule has 1 aliphatic rings. The second-order valence-electron chi connectivity index (χ2n) is 5.84. The molecule has 122 valence electrons. The van der Waals surface area contributed by atoms with Crippen LogP contribution in [-0.4, -0.2) is 23.5 Å². The SMILES string of the molecule is O=C(NCC1(c2cccs2)CCCCC1)C(=O)Nc1ccon1. The molecule has 1 fully saturated rings. The number of carbonyl (C=O) groups excluding carboxylic acids is 2. The van der Waals surface area contributed by atoms with Crippen molar-refractivity contribution in [1.29, 1.82) is 0 Å². The van der Waals surface area contributed by atoms with Gasteiger partial charge in [-0.15, -0.1) is 11.3 Å². The average Bonchev–Trinajstić information content (AvgIpc) is 3.27. The van der Waals surface area contributed by atoms with Crippen LogP contribution in [0.4, 0.5) is 5.82 Å². The van der Waals surface area contributed by atoms with Gasteiger partial charge in [-0.1, -0.05) is 30.5 Å². The normalized spacial score (nSPS) is 16.7. The standard InChI is InChI=1S/C16H19N3O3S/c20-14(15(21)18-13-6-9-22-19-13)17-11-16(7-2-1-3-8-16)12-5-4-10-23-12/h4-6,9-10H,1-3,7-8,11H2,(H,17,20)(H,18,19,21). The van der Waals surface area contributed by atoms with Crippen molar-refractivity contribution in [1.82, 2.24) is 10.5 Å². The third kappa shape index (κ3) is 3.61. The first kappa shape index (κ1) is 15.7. The molecule has 23 heavy (non-hydrogen) atoms. The van der Waals surface area contributed by atoms with Crippen molar-refractivity contribution in [2.24, 2.45) is 0 Å². The first-order chi connectivity index (χ1) is 11.2. The number of amides is 2. The molecule has 2 N–H and O–H groups in total. The lowest BCUT2D eigenvalue weighted by molar-refractivity contribution is -0.136. The highest BCUT2D eigenvalue weighted by Crippen LogP contribution is 2.41. The third-order valence-electron chi connectivity index (χ3n) is 4.33. The monoisotopic (exact) mass is 333 g/mol. The zero-order valence-electron chi connectivity index (χ0n) is 12.7. The molecule has 2 amide bonds. The van der Waals surface area contributed by atoms with Crippen LogP contribution in [0.15, 0.2) is 34.4 Å². The summed E-state index contributed by atoms with van der Waals surface area (Å²) in [6.45, 7) is 0.485. The summed E-state index contributed by atoms with van der Waals surface area (Å²) < 4.78 is 4.62. The van der Waals surface area contributed by atoms with Crippen LogP contribution in [-0.2, 0) is 15.0 Å². The van der Waals surface area contributed by atoms with Crippen molar-refractivity contribution in [3.05, 3.63) is 34.7 Å². The van der Waals surface area contributed by atoms with Crippen LogP contribution in [0.1, 0.15) is 37.0 Å². The van der Waals surface area contributed by atoms with E-state index >= 15 is 0 Å².